The van der Waals surface area contributed by atoms with Crippen LogP contribution in [0.15, 0.2) is 48.5 Å². The summed E-state index contributed by atoms with van der Waals surface area (Å²) in [5.41, 5.74) is 0. The van der Waals surface area contributed by atoms with Gasteiger partial charge in [-0.2, -0.15) is 0 Å². The van der Waals surface area contributed by atoms with E-state index in [1.807, 2.05) is 0 Å². The molecule has 1 fully saturated rings. The zero-order valence-electron chi connectivity index (χ0n) is 10.6. The Morgan fingerprint density at radius 2 is 1.00 bits per heavy atom. The molecule has 3 aromatic carbocycles. The first kappa shape index (κ1) is 9.80. The first-order valence-electron chi connectivity index (χ1n) is 7.05. The first-order chi connectivity index (χ1) is 9.42. The van der Waals surface area contributed by atoms with Crippen LogP contribution in [-0.2, 0) is 0 Å². The van der Waals surface area contributed by atoms with Crippen LogP contribution in [0.4, 0.5) is 0 Å². The van der Waals surface area contributed by atoms with E-state index >= 15 is 0 Å². The second-order valence-electron chi connectivity index (χ2n) is 5.82. The van der Waals surface area contributed by atoms with Crippen molar-refractivity contribution in [3.63, 3.8) is 0 Å². The largest absolute Gasteiger partial charge is 0.0723 e. The highest BCUT2D eigenvalue weighted by atomic mass is 14.4. The summed E-state index contributed by atoms with van der Waals surface area (Å²) in [7, 11) is 0. The minimum absolute atomic E-state index is 0.803. The maximum absolute atomic E-state index is 2.51. The van der Waals surface area contributed by atoms with Gasteiger partial charge in [-0.3, -0.25) is 0 Å². The minimum atomic E-state index is 0.803. The van der Waals surface area contributed by atoms with Gasteiger partial charge in [0.1, 0.15) is 0 Å². The molecule has 0 radical (unpaired) electrons. The SMILES string of the molecule is C1=c2c(c3ccccc3c3ccccc23)=CC2CC12. The third-order valence-electron chi connectivity index (χ3n) is 4.67. The number of rotatable bonds is 0. The Balaban J connectivity index is 2.19. The van der Waals surface area contributed by atoms with E-state index in [4.69, 9.17) is 0 Å². The molecule has 0 heterocycles. The molecule has 0 nitrogen and oxygen atoms in total. The second kappa shape index (κ2) is 3.27. The van der Waals surface area contributed by atoms with E-state index in [0.29, 0.717) is 0 Å². The molecule has 2 unspecified atom stereocenters. The van der Waals surface area contributed by atoms with E-state index in [9.17, 15) is 0 Å². The fourth-order valence-corrected chi connectivity index (χ4v) is 3.60. The predicted molar refractivity (Wildman–Crippen MR) is 81.2 cm³/mol. The Bertz CT molecular complexity index is 868. The van der Waals surface area contributed by atoms with E-state index in [0.717, 1.165) is 11.8 Å². The van der Waals surface area contributed by atoms with Gasteiger partial charge in [0.2, 0.25) is 0 Å². The fraction of sp³-hybridized carbons (Fsp3) is 0.158. The highest BCUT2D eigenvalue weighted by molar-refractivity contribution is 6.08. The molecule has 0 heteroatoms. The van der Waals surface area contributed by atoms with Gasteiger partial charge < -0.3 is 0 Å². The normalized spacial score (nSPS) is 23.4. The van der Waals surface area contributed by atoms with Gasteiger partial charge in [-0.05, 0) is 50.2 Å². The second-order valence-corrected chi connectivity index (χ2v) is 5.82. The lowest BCUT2D eigenvalue weighted by molar-refractivity contribution is 1.07. The Kier molecular flexibility index (Phi) is 1.69. The van der Waals surface area contributed by atoms with E-state index < -0.39 is 0 Å². The fourth-order valence-electron chi connectivity index (χ4n) is 3.60. The lowest BCUT2D eigenvalue weighted by Crippen LogP contribution is -2.29. The van der Waals surface area contributed by atoms with Gasteiger partial charge in [0.25, 0.3) is 0 Å². The molecule has 3 aromatic rings. The Morgan fingerprint density at radius 3 is 1.47 bits per heavy atom. The van der Waals surface area contributed by atoms with Crippen molar-refractivity contribution < 1.29 is 0 Å². The van der Waals surface area contributed by atoms with Crippen molar-refractivity contribution in [1.82, 2.24) is 0 Å². The molecule has 1 saturated carbocycles. The van der Waals surface area contributed by atoms with Gasteiger partial charge >= 0.3 is 0 Å². The average molecular weight is 242 g/mol. The summed E-state index contributed by atoms with van der Waals surface area (Å²) in [4.78, 5) is 0. The summed E-state index contributed by atoms with van der Waals surface area (Å²) in [5, 5.41) is 8.54. The van der Waals surface area contributed by atoms with Crippen LogP contribution in [0.3, 0.4) is 0 Å². The zero-order chi connectivity index (χ0) is 12.4. The molecule has 19 heavy (non-hydrogen) atoms. The van der Waals surface area contributed by atoms with Crippen molar-refractivity contribution in [2.45, 2.75) is 6.42 Å². The Morgan fingerprint density at radius 1 is 0.579 bits per heavy atom. The maximum atomic E-state index is 2.51. The van der Waals surface area contributed by atoms with Crippen LogP contribution in [0.1, 0.15) is 6.42 Å². The lowest BCUT2D eigenvalue weighted by atomic mass is 9.94. The van der Waals surface area contributed by atoms with Gasteiger partial charge in [-0.25, -0.2) is 0 Å². The number of fused-ring (bicyclic) bond motifs is 7. The lowest BCUT2D eigenvalue weighted by Gasteiger charge is -2.09. The van der Waals surface area contributed by atoms with Gasteiger partial charge in [0.05, 0.1) is 0 Å². The number of hydrogen-bond acceptors (Lipinski definition) is 0. The van der Waals surface area contributed by atoms with Crippen molar-refractivity contribution in [2.75, 3.05) is 0 Å². The topological polar surface area (TPSA) is 0 Å². The summed E-state index contributed by atoms with van der Waals surface area (Å²) in [5.74, 6) is 1.61. The van der Waals surface area contributed by atoms with Crippen LogP contribution in [0.2, 0.25) is 0 Å². The van der Waals surface area contributed by atoms with Crippen LogP contribution in [0.25, 0.3) is 33.7 Å². The Labute approximate surface area is 111 Å². The third kappa shape index (κ3) is 1.24. The maximum Gasteiger partial charge on any atom is -0.00991 e. The quantitative estimate of drug-likeness (QED) is 0.531. The van der Waals surface area contributed by atoms with E-state index in [2.05, 4.69) is 60.7 Å². The predicted octanol–water partition coefficient (Wildman–Crippen LogP) is 3.20. The van der Waals surface area contributed by atoms with E-state index in [1.165, 1.54) is 38.4 Å². The summed E-state index contributed by atoms with van der Waals surface area (Å²) in [6.45, 7) is 0. The smallest absolute Gasteiger partial charge is 0.00991 e. The van der Waals surface area contributed by atoms with E-state index in [-0.39, 0.29) is 0 Å². The summed E-state index contributed by atoms with van der Waals surface area (Å²) in [6, 6.07) is 17.7. The molecule has 0 spiro atoms. The van der Waals surface area contributed by atoms with Gasteiger partial charge in [0, 0.05) is 0 Å². The zero-order valence-corrected chi connectivity index (χ0v) is 10.6. The highest BCUT2D eigenvalue weighted by Crippen LogP contribution is 2.42. The highest BCUT2D eigenvalue weighted by Gasteiger charge is 2.34. The molecule has 90 valence electrons. The van der Waals surface area contributed by atoms with Crippen molar-refractivity contribution in [2.24, 2.45) is 11.8 Å². The average Bonchev–Trinajstić information content (AvgIpc) is 3.24. The molecular weight excluding hydrogens is 228 g/mol. The Hall–Kier alpha value is -2.08. The molecule has 0 N–H and O–H groups in total. The van der Waals surface area contributed by atoms with Gasteiger partial charge in [-0.1, -0.05) is 60.7 Å². The van der Waals surface area contributed by atoms with Gasteiger partial charge in [0.15, 0.2) is 0 Å². The standard InChI is InChI=1S/C19H14/c1-3-7-16-14(5-1)15-6-2-4-8-17(15)19-11-13-9-12(13)10-18(16)19/h1-8,10-13H,9H2. The number of benzene rings is 3. The van der Waals surface area contributed by atoms with Crippen LogP contribution in [0, 0.1) is 11.8 Å². The molecule has 0 bridgehead atoms. The van der Waals surface area contributed by atoms with Crippen molar-refractivity contribution in [3.05, 3.63) is 59.0 Å². The molecule has 0 amide bonds. The molecule has 0 aromatic heterocycles. The van der Waals surface area contributed by atoms with Crippen molar-refractivity contribution >= 4 is 33.7 Å². The van der Waals surface area contributed by atoms with Crippen LogP contribution in [-0.4, -0.2) is 0 Å². The van der Waals surface area contributed by atoms with Gasteiger partial charge in [-0.15, -0.1) is 0 Å². The van der Waals surface area contributed by atoms with E-state index in [1.54, 1.807) is 0 Å². The minimum Gasteiger partial charge on any atom is -0.0723 e. The van der Waals surface area contributed by atoms with Crippen LogP contribution in [0.5, 0.6) is 0 Å². The van der Waals surface area contributed by atoms with Crippen LogP contribution < -0.4 is 10.4 Å². The van der Waals surface area contributed by atoms with Crippen molar-refractivity contribution in [3.8, 4) is 0 Å². The molecule has 2 atom stereocenters. The summed E-state index contributed by atoms with van der Waals surface area (Å²) < 4.78 is 0. The molecule has 5 rings (SSSR count). The third-order valence-corrected chi connectivity index (χ3v) is 4.67. The monoisotopic (exact) mass is 242 g/mol. The molecule has 2 aliphatic rings. The molecule has 0 saturated heterocycles. The summed E-state index contributed by atoms with van der Waals surface area (Å²) in [6.07, 6.45) is 6.36. The summed E-state index contributed by atoms with van der Waals surface area (Å²) >= 11 is 0. The van der Waals surface area contributed by atoms with Crippen LogP contribution >= 0.6 is 0 Å². The molecule has 2 aliphatic carbocycles. The van der Waals surface area contributed by atoms with Crippen molar-refractivity contribution in [1.29, 1.82) is 0 Å². The first-order valence-corrected chi connectivity index (χ1v) is 7.05. The molecular formula is C19H14. The number of hydrogen-bond donors (Lipinski definition) is 0. The molecule has 0 aliphatic heterocycles.